The summed E-state index contributed by atoms with van der Waals surface area (Å²) in [4.78, 5) is 2.38. The van der Waals surface area contributed by atoms with Crippen LogP contribution in [-0.4, -0.2) is 47.5 Å². The number of hydrogen-bond donors (Lipinski definition) is 1. The average Bonchev–Trinajstić information content (AvgIpc) is 2.76. The lowest BCUT2D eigenvalue weighted by molar-refractivity contribution is 0.125. The predicted octanol–water partition coefficient (Wildman–Crippen LogP) is 0.705. The normalized spacial score (nSPS) is 21.6. The number of ether oxygens (including phenoxy) is 1. The van der Waals surface area contributed by atoms with Gasteiger partial charge in [-0.15, -0.1) is 0 Å². The van der Waals surface area contributed by atoms with Crippen LogP contribution in [-0.2, 0) is 6.54 Å². The zero-order valence-electron chi connectivity index (χ0n) is 10.5. The Bertz CT molecular complexity index is 339. The summed E-state index contributed by atoms with van der Waals surface area (Å²) in [6.07, 6.45) is 7.52. The number of likely N-dealkylation sites (N-methyl/N-ethyl adjacent to an activating group) is 1. The lowest BCUT2D eigenvalue weighted by Crippen LogP contribution is -2.40. The Morgan fingerprint density at radius 3 is 3.18 bits per heavy atom. The fraction of sp³-hybridized carbons (Fsp3) is 0.750. The van der Waals surface area contributed by atoms with Gasteiger partial charge in [-0.1, -0.05) is 6.42 Å². The van der Waals surface area contributed by atoms with Gasteiger partial charge in [-0.3, -0.25) is 4.68 Å². The third-order valence-electron chi connectivity index (χ3n) is 3.33. The molecule has 0 aromatic carbocycles. The van der Waals surface area contributed by atoms with Crippen LogP contribution < -0.4 is 10.5 Å². The van der Waals surface area contributed by atoms with Crippen molar-refractivity contribution in [2.24, 2.45) is 5.73 Å². The molecule has 1 aliphatic heterocycles. The maximum atomic E-state index is 5.78. The predicted molar refractivity (Wildman–Crippen MR) is 67.0 cm³/mol. The van der Waals surface area contributed by atoms with Crippen LogP contribution in [0.15, 0.2) is 12.4 Å². The van der Waals surface area contributed by atoms with Gasteiger partial charge in [-0.05, 0) is 26.4 Å². The number of hydrogen-bond acceptors (Lipinski definition) is 4. The maximum Gasteiger partial charge on any atom is 0.157 e. The SMILES string of the molecule is CN1CCCCC1COc1cnn(CCN)c1. The second-order valence-corrected chi connectivity index (χ2v) is 4.67. The van der Waals surface area contributed by atoms with Gasteiger partial charge in [-0.2, -0.15) is 5.10 Å². The second kappa shape index (κ2) is 6.02. The smallest absolute Gasteiger partial charge is 0.157 e. The first kappa shape index (κ1) is 12.4. The van der Waals surface area contributed by atoms with E-state index in [1.165, 1.54) is 25.8 Å². The van der Waals surface area contributed by atoms with Crippen molar-refractivity contribution in [1.82, 2.24) is 14.7 Å². The minimum atomic E-state index is 0.543. The Balaban J connectivity index is 1.79. The van der Waals surface area contributed by atoms with Crippen LogP contribution in [0.25, 0.3) is 0 Å². The highest BCUT2D eigenvalue weighted by Crippen LogP contribution is 2.16. The molecule has 1 unspecified atom stereocenters. The molecular formula is C12H22N4O. The third kappa shape index (κ3) is 3.44. The molecule has 1 atom stereocenters. The van der Waals surface area contributed by atoms with Crippen LogP contribution in [0.3, 0.4) is 0 Å². The molecule has 96 valence electrons. The summed E-state index contributed by atoms with van der Waals surface area (Å²) >= 11 is 0. The number of nitrogens with two attached hydrogens (primary N) is 1. The first-order valence-electron chi connectivity index (χ1n) is 6.35. The van der Waals surface area contributed by atoms with Gasteiger partial charge in [0.25, 0.3) is 0 Å². The van der Waals surface area contributed by atoms with Crippen LogP contribution >= 0.6 is 0 Å². The van der Waals surface area contributed by atoms with E-state index in [1.54, 1.807) is 6.20 Å². The van der Waals surface area contributed by atoms with Gasteiger partial charge in [0.05, 0.1) is 18.9 Å². The maximum absolute atomic E-state index is 5.78. The minimum absolute atomic E-state index is 0.543. The average molecular weight is 238 g/mol. The van der Waals surface area contributed by atoms with E-state index < -0.39 is 0 Å². The quantitative estimate of drug-likeness (QED) is 0.820. The zero-order chi connectivity index (χ0) is 12.1. The Labute approximate surface area is 103 Å². The van der Waals surface area contributed by atoms with Crippen molar-refractivity contribution < 1.29 is 4.74 Å². The summed E-state index contributed by atoms with van der Waals surface area (Å²) in [6.45, 7) is 3.28. The molecular weight excluding hydrogens is 216 g/mol. The van der Waals surface area contributed by atoms with E-state index in [1.807, 2.05) is 10.9 Å². The standard InChI is InChI=1S/C12H22N4O/c1-15-6-3-2-4-11(15)10-17-12-8-14-16(9-12)7-5-13/h8-9,11H,2-7,10,13H2,1H3. The Morgan fingerprint density at radius 1 is 1.53 bits per heavy atom. The second-order valence-electron chi connectivity index (χ2n) is 4.67. The molecule has 0 amide bonds. The lowest BCUT2D eigenvalue weighted by Gasteiger charge is -2.31. The largest absolute Gasteiger partial charge is 0.489 e. The molecule has 17 heavy (non-hydrogen) atoms. The number of aromatic nitrogens is 2. The lowest BCUT2D eigenvalue weighted by atomic mass is 10.0. The van der Waals surface area contributed by atoms with Gasteiger partial charge in [0.2, 0.25) is 0 Å². The highest BCUT2D eigenvalue weighted by molar-refractivity contribution is 5.11. The van der Waals surface area contributed by atoms with E-state index in [-0.39, 0.29) is 0 Å². The van der Waals surface area contributed by atoms with Gasteiger partial charge in [0, 0.05) is 12.6 Å². The number of nitrogens with zero attached hydrogens (tertiary/aromatic N) is 3. The Kier molecular flexibility index (Phi) is 4.39. The van der Waals surface area contributed by atoms with Crippen molar-refractivity contribution in [2.75, 3.05) is 26.7 Å². The van der Waals surface area contributed by atoms with E-state index in [4.69, 9.17) is 10.5 Å². The van der Waals surface area contributed by atoms with Crippen LogP contribution in [0.5, 0.6) is 5.75 Å². The van der Waals surface area contributed by atoms with Gasteiger partial charge in [0.15, 0.2) is 5.75 Å². The van der Waals surface area contributed by atoms with Crippen LogP contribution in [0.4, 0.5) is 0 Å². The van der Waals surface area contributed by atoms with Crippen LogP contribution in [0.1, 0.15) is 19.3 Å². The fourth-order valence-corrected chi connectivity index (χ4v) is 2.22. The van der Waals surface area contributed by atoms with Crippen LogP contribution in [0, 0.1) is 0 Å². The molecule has 2 heterocycles. The van der Waals surface area contributed by atoms with Crippen molar-refractivity contribution in [2.45, 2.75) is 31.8 Å². The van der Waals surface area contributed by atoms with Crippen molar-refractivity contribution in [1.29, 1.82) is 0 Å². The summed E-state index contributed by atoms with van der Waals surface area (Å²) in [7, 11) is 2.17. The monoisotopic (exact) mass is 238 g/mol. The van der Waals surface area contributed by atoms with Gasteiger partial charge < -0.3 is 15.4 Å². The Morgan fingerprint density at radius 2 is 2.41 bits per heavy atom. The molecule has 1 fully saturated rings. The molecule has 2 N–H and O–H groups in total. The van der Waals surface area contributed by atoms with Crippen molar-refractivity contribution in [3.05, 3.63) is 12.4 Å². The van der Waals surface area contributed by atoms with Crippen LogP contribution in [0.2, 0.25) is 0 Å². The van der Waals surface area contributed by atoms with E-state index in [0.717, 1.165) is 18.9 Å². The fourth-order valence-electron chi connectivity index (χ4n) is 2.22. The Hall–Kier alpha value is -1.07. The van der Waals surface area contributed by atoms with Gasteiger partial charge in [0.1, 0.15) is 6.61 Å². The van der Waals surface area contributed by atoms with Gasteiger partial charge in [-0.25, -0.2) is 0 Å². The van der Waals surface area contributed by atoms with Gasteiger partial charge >= 0.3 is 0 Å². The van der Waals surface area contributed by atoms with E-state index >= 15 is 0 Å². The van der Waals surface area contributed by atoms with E-state index in [0.29, 0.717) is 12.6 Å². The molecule has 0 bridgehead atoms. The molecule has 1 aromatic rings. The summed E-state index contributed by atoms with van der Waals surface area (Å²) in [5, 5.41) is 4.19. The molecule has 1 saturated heterocycles. The van der Waals surface area contributed by atoms with Crippen molar-refractivity contribution in [3.63, 3.8) is 0 Å². The molecule has 0 saturated carbocycles. The highest BCUT2D eigenvalue weighted by atomic mass is 16.5. The molecule has 1 aliphatic rings. The minimum Gasteiger partial charge on any atom is -0.489 e. The molecule has 0 spiro atoms. The first-order chi connectivity index (χ1) is 8.29. The highest BCUT2D eigenvalue weighted by Gasteiger charge is 2.19. The molecule has 1 aromatic heterocycles. The topological polar surface area (TPSA) is 56.3 Å². The van der Waals surface area contributed by atoms with Crippen molar-refractivity contribution in [3.8, 4) is 5.75 Å². The number of likely N-dealkylation sites (tertiary alicyclic amines) is 1. The third-order valence-corrected chi connectivity index (χ3v) is 3.33. The summed E-state index contributed by atoms with van der Waals surface area (Å²) < 4.78 is 7.60. The number of piperidine rings is 1. The zero-order valence-corrected chi connectivity index (χ0v) is 10.5. The summed E-state index contributed by atoms with van der Waals surface area (Å²) in [5.74, 6) is 0.845. The molecule has 5 heteroatoms. The summed E-state index contributed by atoms with van der Waals surface area (Å²) in [5.41, 5.74) is 5.47. The molecule has 0 radical (unpaired) electrons. The number of rotatable bonds is 5. The molecule has 0 aliphatic carbocycles. The van der Waals surface area contributed by atoms with Crippen molar-refractivity contribution >= 4 is 0 Å². The summed E-state index contributed by atoms with van der Waals surface area (Å²) in [6, 6.07) is 0.543. The van der Waals surface area contributed by atoms with E-state index in [9.17, 15) is 0 Å². The molecule has 5 nitrogen and oxygen atoms in total. The molecule has 2 rings (SSSR count). The first-order valence-corrected chi connectivity index (χ1v) is 6.35. The van der Waals surface area contributed by atoms with E-state index in [2.05, 4.69) is 17.0 Å².